The summed E-state index contributed by atoms with van der Waals surface area (Å²) in [5.41, 5.74) is 6.94. The molecule has 18 heavy (non-hydrogen) atoms. The Kier molecular flexibility index (Phi) is 5.00. The van der Waals surface area contributed by atoms with E-state index in [1.807, 2.05) is 19.1 Å². The Morgan fingerprint density at radius 1 is 1.33 bits per heavy atom. The van der Waals surface area contributed by atoms with E-state index in [4.69, 9.17) is 10.5 Å². The normalized spacial score (nSPS) is 19.2. The van der Waals surface area contributed by atoms with Crippen molar-refractivity contribution in [2.75, 3.05) is 6.61 Å². The van der Waals surface area contributed by atoms with Gasteiger partial charge in [-0.2, -0.15) is 0 Å². The van der Waals surface area contributed by atoms with Crippen molar-refractivity contribution in [2.24, 2.45) is 11.7 Å². The van der Waals surface area contributed by atoms with Gasteiger partial charge in [0.15, 0.2) is 0 Å². The summed E-state index contributed by atoms with van der Waals surface area (Å²) in [7, 11) is 0. The van der Waals surface area contributed by atoms with Crippen LogP contribution in [0.4, 0.5) is 0 Å². The van der Waals surface area contributed by atoms with Crippen LogP contribution in [0.2, 0.25) is 0 Å². The van der Waals surface area contributed by atoms with E-state index < -0.39 is 0 Å². The van der Waals surface area contributed by atoms with E-state index in [0.717, 1.165) is 12.2 Å². The lowest BCUT2D eigenvalue weighted by atomic mass is 10.0. The van der Waals surface area contributed by atoms with Crippen LogP contribution < -0.4 is 10.5 Å². The molecule has 1 aromatic heterocycles. The van der Waals surface area contributed by atoms with Gasteiger partial charge in [0.2, 0.25) is 5.88 Å². The van der Waals surface area contributed by atoms with Crippen LogP contribution in [0.3, 0.4) is 0 Å². The Morgan fingerprint density at radius 3 is 2.72 bits per heavy atom. The molecule has 0 unspecified atom stereocenters. The minimum Gasteiger partial charge on any atom is -0.477 e. The number of pyridine rings is 1. The first-order valence-electron chi connectivity index (χ1n) is 7.10. The van der Waals surface area contributed by atoms with E-state index in [-0.39, 0.29) is 6.04 Å². The molecule has 100 valence electrons. The zero-order valence-corrected chi connectivity index (χ0v) is 11.3. The van der Waals surface area contributed by atoms with Crippen LogP contribution in [-0.2, 0) is 0 Å². The van der Waals surface area contributed by atoms with Gasteiger partial charge < -0.3 is 10.5 Å². The molecule has 2 rings (SSSR count). The topological polar surface area (TPSA) is 48.1 Å². The lowest BCUT2D eigenvalue weighted by Gasteiger charge is -2.15. The Morgan fingerprint density at radius 2 is 2.06 bits per heavy atom. The van der Waals surface area contributed by atoms with Gasteiger partial charge in [-0.15, -0.1) is 0 Å². The van der Waals surface area contributed by atoms with E-state index in [2.05, 4.69) is 4.98 Å². The molecule has 1 atom stereocenters. The highest BCUT2D eigenvalue weighted by molar-refractivity contribution is 5.22. The van der Waals surface area contributed by atoms with Gasteiger partial charge >= 0.3 is 0 Å². The van der Waals surface area contributed by atoms with Crippen LogP contribution in [0.1, 0.15) is 57.1 Å². The van der Waals surface area contributed by atoms with Crippen molar-refractivity contribution in [3.8, 4) is 5.88 Å². The molecule has 1 heterocycles. The number of nitrogens with two attached hydrogens (primary N) is 1. The van der Waals surface area contributed by atoms with Crippen molar-refractivity contribution in [3.63, 3.8) is 0 Å². The van der Waals surface area contributed by atoms with Crippen LogP contribution in [0, 0.1) is 5.92 Å². The van der Waals surface area contributed by atoms with E-state index in [1.54, 1.807) is 6.20 Å². The maximum atomic E-state index is 5.86. The zero-order valence-electron chi connectivity index (χ0n) is 11.3. The SMILES string of the molecule is C[C@H](N)c1ccnc(OCC2CCCCCC2)c1. The highest BCUT2D eigenvalue weighted by atomic mass is 16.5. The van der Waals surface area contributed by atoms with Crippen molar-refractivity contribution in [2.45, 2.75) is 51.5 Å². The Hall–Kier alpha value is -1.09. The average molecular weight is 248 g/mol. The fourth-order valence-corrected chi connectivity index (χ4v) is 2.52. The maximum Gasteiger partial charge on any atom is 0.213 e. The zero-order chi connectivity index (χ0) is 12.8. The number of nitrogens with zero attached hydrogens (tertiary/aromatic N) is 1. The average Bonchev–Trinajstić information content (AvgIpc) is 2.65. The predicted molar refractivity (Wildman–Crippen MR) is 73.5 cm³/mol. The molecule has 1 aromatic rings. The van der Waals surface area contributed by atoms with Crippen molar-refractivity contribution < 1.29 is 4.74 Å². The first kappa shape index (κ1) is 13.3. The summed E-state index contributed by atoms with van der Waals surface area (Å²) in [6.07, 6.45) is 9.84. The quantitative estimate of drug-likeness (QED) is 0.830. The van der Waals surface area contributed by atoms with Crippen LogP contribution in [0.25, 0.3) is 0 Å². The number of aromatic nitrogens is 1. The van der Waals surface area contributed by atoms with Crippen molar-refractivity contribution in [1.29, 1.82) is 0 Å². The third kappa shape index (κ3) is 3.98. The summed E-state index contributed by atoms with van der Waals surface area (Å²) >= 11 is 0. The second-order valence-electron chi connectivity index (χ2n) is 5.38. The third-order valence-electron chi connectivity index (χ3n) is 3.73. The van der Waals surface area contributed by atoms with E-state index >= 15 is 0 Å². The number of hydrogen-bond donors (Lipinski definition) is 1. The van der Waals surface area contributed by atoms with Crippen LogP contribution in [0.5, 0.6) is 5.88 Å². The largest absolute Gasteiger partial charge is 0.477 e. The molecule has 1 aliphatic rings. The van der Waals surface area contributed by atoms with E-state index in [9.17, 15) is 0 Å². The van der Waals surface area contributed by atoms with Crippen LogP contribution in [0.15, 0.2) is 18.3 Å². The molecule has 0 aromatic carbocycles. The molecule has 1 fully saturated rings. The van der Waals surface area contributed by atoms with Crippen molar-refractivity contribution >= 4 is 0 Å². The molecule has 3 heteroatoms. The molecule has 0 bridgehead atoms. The molecule has 0 aliphatic heterocycles. The van der Waals surface area contributed by atoms with Crippen LogP contribution >= 0.6 is 0 Å². The molecular weight excluding hydrogens is 224 g/mol. The second kappa shape index (κ2) is 6.74. The summed E-state index contributed by atoms with van der Waals surface area (Å²) in [4.78, 5) is 4.25. The minimum absolute atomic E-state index is 0.0354. The summed E-state index contributed by atoms with van der Waals surface area (Å²) in [6, 6.07) is 3.94. The monoisotopic (exact) mass is 248 g/mol. The molecule has 0 radical (unpaired) electrons. The first-order valence-corrected chi connectivity index (χ1v) is 7.10. The third-order valence-corrected chi connectivity index (χ3v) is 3.73. The van der Waals surface area contributed by atoms with E-state index in [0.29, 0.717) is 11.8 Å². The van der Waals surface area contributed by atoms with Gasteiger partial charge in [-0.05, 0) is 37.3 Å². The Labute approximate surface area is 110 Å². The maximum absolute atomic E-state index is 5.86. The van der Waals surface area contributed by atoms with Crippen molar-refractivity contribution in [3.05, 3.63) is 23.9 Å². The fourth-order valence-electron chi connectivity index (χ4n) is 2.52. The molecular formula is C15H24N2O. The Balaban J connectivity index is 1.87. The van der Waals surface area contributed by atoms with Gasteiger partial charge in [0.25, 0.3) is 0 Å². The van der Waals surface area contributed by atoms with Gasteiger partial charge in [0.05, 0.1) is 6.61 Å². The summed E-state index contributed by atoms with van der Waals surface area (Å²) in [5, 5.41) is 0. The standard InChI is InChI=1S/C15H24N2O/c1-12(16)14-8-9-17-15(10-14)18-11-13-6-4-2-3-5-7-13/h8-10,12-13H,2-7,11,16H2,1H3/t12-/m0/s1. The Bertz CT molecular complexity index is 357. The molecule has 3 nitrogen and oxygen atoms in total. The highest BCUT2D eigenvalue weighted by Crippen LogP contribution is 2.24. The van der Waals surface area contributed by atoms with Gasteiger partial charge in [-0.3, -0.25) is 0 Å². The number of hydrogen-bond acceptors (Lipinski definition) is 3. The lowest BCUT2D eigenvalue weighted by Crippen LogP contribution is -2.12. The molecule has 1 aliphatic carbocycles. The molecule has 0 spiro atoms. The lowest BCUT2D eigenvalue weighted by molar-refractivity contribution is 0.226. The van der Waals surface area contributed by atoms with Gasteiger partial charge in [-0.25, -0.2) is 4.98 Å². The van der Waals surface area contributed by atoms with Crippen molar-refractivity contribution in [1.82, 2.24) is 4.98 Å². The minimum atomic E-state index is 0.0354. The summed E-state index contributed by atoms with van der Waals surface area (Å²) < 4.78 is 5.83. The van der Waals surface area contributed by atoms with Gasteiger partial charge in [-0.1, -0.05) is 25.7 Å². The predicted octanol–water partition coefficient (Wildman–Crippen LogP) is 3.45. The van der Waals surface area contributed by atoms with Gasteiger partial charge in [0, 0.05) is 18.3 Å². The number of ether oxygens (including phenoxy) is 1. The first-order chi connectivity index (χ1) is 8.75. The second-order valence-corrected chi connectivity index (χ2v) is 5.38. The molecule has 2 N–H and O–H groups in total. The summed E-state index contributed by atoms with van der Waals surface area (Å²) in [6.45, 7) is 2.78. The molecule has 0 amide bonds. The van der Waals surface area contributed by atoms with E-state index in [1.165, 1.54) is 38.5 Å². The summed E-state index contributed by atoms with van der Waals surface area (Å²) in [5.74, 6) is 1.42. The van der Waals surface area contributed by atoms with Gasteiger partial charge in [0.1, 0.15) is 0 Å². The smallest absolute Gasteiger partial charge is 0.213 e. The highest BCUT2D eigenvalue weighted by Gasteiger charge is 2.13. The molecule has 1 saturated carbocycles. The van der Waals surface area contributed by atoms with Crippen LogP contribution in [-0.4, -0.2) is 11.6 Å². The fraction of sp³-hybridized carbons (Fsp3) is 0.667. The molecule has 0 saturated heterocycles. The number of rotatable bonds is 4.